The van der Waals surface area contributed by atoms with Crippen LogP contribution in [0.1, 0.15) is 21.5 Å². The van der Waals surface area contributed by atoms with Gasteiger partial charge in [0.05, 0.1) is 101 Å². The number of nitrogens with one attached hydrogen (secondary N) is 1. The van der Waals surface area contributed by atoms with Gasteiger partial charge in [0.25, 0.3) is 0 Å². The number of aromatic nitrogens is 16. The first kappa shape index (κ1) is 61.2. The van der Waals surface area contributed by atoms with Gasteiger partial charge in [0.1, 0.15) is 16.8 Å². The van der Waals surface area contributed by atoms with Gasteiger partial charge in [0.2, 0.25) is 29.3 Å². The van der Waals surface area contributed by atoms with E-state index in [0.717, 1.165) is 9.75 Å². The molecule has 10 aromatic heterocycles. The third-order valence-electron chi connectivity index (χ3n) is 8.47. The molecule has 2 radical (unpaired) electrons. The van der Waals surface area contributed by atoms with Crippen LogP contribution in [0.3, 0.4) is 0 Å². The standard InChI is InChI=1S/C17H12F3N7O2S.C9H9N5O.C8H4BrF3N2OS.C5H7N3O.C4H3ClN2.CH3B/c1-28-14-8-22-7-13(24-14)27(12-6-21-4-5-23-12)9-10-2-3-11(30-10)15-25-16(29-26-15)17(18,19)20;1-15-9-6-11-5-8(14-9)13-7-4-10-2-3-12-7;9-3-4-1-2-5(16-4)6-13-7(15-14-6)8(10,11)12;1-9-5-3-7-2-4(6)8-5;5-4-3-6-1-2-7-4;1-2/h2-8H,9H2,1H3;2-6H,1H3,(H,12,13,14);1-2H,3H2;2-3H,1H3,(H2,6,8);1-3H;1H3. The summed E-state index contributed by atoms with van der Waals surface area (Å²) in [6, 6.07) is 6.82. The van der Waals surface area contributed by atoms with Crippen molar-refractivity contribution >= 4 is 87.1 Å². The van der Waals surface area contributed by atoms with Gasteiger partial charge in [-0.15, -0.1) is 22.7 Å². The smallest absolute Gasteiger partial charge is 0.471 e. The van der Waals surface area contributed by atoms with Gasteiger partial charge in [0.15, 0.2) is 17.5 Å². The summed E-state index contributed by atoms with van der Waals surface area (Å²) in [5.74, 6) is 0.840. The predicted molar refractivity (Wildman–Crippen MR) is 280 cm³/mol. The normalized spacial score (nSPS) is 10.5. The van der Waals surface area contributed by atoms with Crippen molar-refractivity contribution in [3.8, 4) is 39.0 Å². The second-order valence-corrected chi connectivity index (χ2v) is 17.0. The largest absolute Gasteiger partial charge is 0.480 e. The Hall–Kier alpha value is -8.63. The minimum atomic E-state index is -4.70. The third kappa shape index (κ3) is 20.0. The van der Waals surface area contributed by atoms with Crippen molar-refractivity contribution in [2.45, 2.75) is 31.1 Å². The molecule has 0 aromatic carbocycles. The molecule has 10 rings (SSSR count). The average molecular weight is 1220 g/mol. The van der Waals surface area contributed by atoms with Crippen molar-refractivity contribution in [1.82, 2.24) is 80.1 Å². The highest BCUT2D eigenvalue weighted by Crippen LogP contribution is 2.35. The molecule has 410 valence electrons. The van der Waals surface area contributed by atoms with E-state index >= 15 is 0 Å². The molecule has 0 saturated heterocycles. The molecule has 0 unspecified atom stereocenters. The maximum absolute atomic E-state index is 12.7. The van der Waals surface area contributed by atoms with Crippen molar-refractivity contribution in [2.75, 3.05) is 37.3 Å². The van der Waals surface area contributed by atoms with Crippen LogP contribution in [0.5, 0.6) is 17.6 Å². The fraction of sp³-hybridized carbons (Fsp3) is 0.182. The number of thiophene rings is 2. The number of hydrogen-bond donors (Lipinski definition) is 2. The number of nitrogens with two attached hydrogens (primary N) is 1. The Morgan fingerprint density at radius 1 is 0.582 bits per heavy atom. The van der Waals surface area contributed by atoms with Gasteiger partial charge in [-0.1, -0.05) is 44.7 Å². The molecule has 10 heterocycles. The van der Waals surface area contributed by atoms with Gasteiger partial charge < -0.3 is 39.2 Å². The van der Waals surface area contributed by atoms with E-state index in [9.17, 15) is 26.3 Å². The zero-order valence-corrected chi connectivity index (χ0v) is 45.0. The molecule has 10 aromatic rings. The molecule has 0 spiro atoms. The van der Waals surface area contributed by atoms with Crippen LogP contribution in [0.4, 0.5) is 55.4 Å². The van der Waals surface area contributed by atoms with Crippen LogP contribution >= 0.6 is 50.2 Å². The van der Waals surface area contributed by atoms with E-state index in [1.807, 2.05) is 0 Å². The number of anilines is 5. The molecule has 0 amide bonds. The number of hydrogen-bond acceptors (Lipinski definition) is 26. The van der Waals surface area contributed by atoms with Crippen LogP contribution in [-0.2, 0) is 24.2 Å². The van der Waals surface area contributed by atoms with Gasteiger partial charge in [-0.05, 0) is 24.3 Å². The third-order valence-corrected chi connectivity index (χ3v) is 11.8. The second-order valence-electron chi connectivity index (χ2n) is 13.8. The van der Waals surface area contributed by atoms with Gasteiger partial charge in [-0.3, -0.25) is 29.9 Å². The molecule has 35 heteroatoms. The van der Waals surface area contributed by atoms with Crippen LogP contribution in [0.25, 0.3) is 21.4 Å². The lowest BCUT2D eigenvalue weighted by atomic mass is 10.2. The van der Waals surface area contributed by atoms with E-state index in [2.05, 4.69) is 118 Å². The summed E-state index contributed by atoms with van der Waals surface area (Å²) in [5.41, 5.74) is 5.28. The molecule has 3 N–H and O–H groups in total. The number of nitrogen functional groups attached to an aromatic ring is 1. The first-order valence-corrected chi connectivity index (χ1v) is 24.6. The van der Waals surface area contributed by atoms with Gasteiger partial charge >= 0.3 is 24.1 Å². The fourth-order valence-electron chi connectivity index (χ4n) is 5.21. The number of methoxy groups -OCH3 is 3. The van der Waals surface area contributed by atoms with Crippen molar-refractivity contribution in [1.29, 1.82) is 0 Å². The van der Waals surface area contributed by atoms with Crippen molar-refractivity contribution < 1.29 is 49.6 Å². The zero-order valence-electron chi connectivity index (χ0n) is 41.0. The predicted octanol–water partition coefficient (Wildman–Crippen LogP) is 9.87. The maximum atomic E-state index is 12.7. The summed E-state index contributed by atoms with van der Waals surface area (Å²) in [4.78, 5) is 59.0. The number of nitrogens with zero attached hydrogens (tertiary/aromatic N) is 17. The van der Waals surface area contributed by atoms with E-state index in [0.29, 0.717) is 73.5 Å². The molecule has 0 bridgehead atoms. The summed E-state index contributed by atoms with van der Waals surface area (Å²) in [6.07, 6.45) is 13.8. The highest BCUT2D eigenvalue weighted by Gasteiger charge is 2.39. The Bertz CT molecular complexity index is 3340. The van der Waals surface area contributed by atoms with Gasteiger partial charge in [-0.25, -0.2) is 15.0 Å². The number of halogens is 8. The minimum Gasteiger partial charge on any atom is -0.480 e. The summed E-state index contributed by atoms with van der Waals surface area (Å²) in [5, 5.41) is 10.7. The lowest BCUT2D eigenvalue weighted by Gasteiger charge is -2.21. The van der Waals surface area contributed by atoms with Crippen molar-refractivity contribution in [3.63, 3.8) is 0 Å². The van der Waals surface area contributed by atoms with E-state index in [4.69, 9.17) is 31.5 Å². The zero-order chi connectivity index (χ0) is 57.2. The quantitative estimate of drug-likeness (QED) is 0.0653. The lowest BCUT2D eigenvalue weighted by molar-refractivity contribution is -0.160. The Kier molecular flexibility index (Phi) is 24.0. The maximum Gasteiger partial charge on any atom is 0.471 e. The molecule has 79 heavy (non-hydrogen) atoms. The second kappa shape index (κ2) is 30.9. The lowest BCUT2D eigenvalue weighted by Crippen LogP contribution is -2.18. The van der Waals surface area contributed by atoms with Crippen molar-refractivity contribution in [3.05, 3.63) is 144 Å². The number of ether oxygens (including phenoxy) is 3. The van der Waals surface area contributed by atoms with Gasteiger partial charge in [-0.2, -0.15) is 51.3 Å². The summed E-state index contributed by atoms with van der Waals surface area (Å²) in [6.45, 7) is 1.80. The molecule has 0 aliphatic carbocycles. The first-order valence-electron chi connectivity index (χ1n) is 21.5. The van der Waals surface area contributed by atoms with E-state index in [1.54, 1.807) is 78.7 Å². The topological polar surface area (TPSA) is 301 Å². The van der Waals surface area contributed by atoms with E-state index in [-0.39, 0.29) is 11.6 Å². The molecular weight excluding hydrogens is 1180 g/mol. The number of alkyl halides is 7. The average Bonchev–Trinajstić information content (AvgIpc) is 4.35. The van der Waals surface area contributed by atoms with Crippen LogP contribution in [0, 0.1) is 0 Å². The monoisotopic (exact) mass is 1220 g/mol. The molecule has 24 nitrogen and oxygen atoms in total. The SMILES string of the molecule is COc1cncc(N(Cc2ccc(-c3noc(C(F)(F)F)n3)s2)c2cnccn2)n1.COc1cncc(N)n1.COc1cncc(Nc2cnccn2)n1.Clc1cnccn1.FC(F)(F)c1nc(-c2ccc(CBr)s2)no1.[B]C. The first-order chi connectivity index (χ1) is 38.0. The Balaban J connectivity index is 0.000000198. The highest BCUT2D eigenvalue weighted by molar-refractivity contribution is 9.08. The molecule has 0 fully saturated rings. The van der Waals surface area contributed by atoms with E-state index < -0.39 is 24.1 Å². The summed E-state index contributed by atoms with van der Waals surface area (Å²) < 4.78 is 97.9. The fourth-order valence-corrected chi connectivity index (χ4v) is 7.55. The van der Waals surface area contributed by atoms with Crippen LogP contribution in [0.2, 0.25) is 12.0 Å². The van der Waals surface area contributed by atoms with Crippen LogP contribution in [0.15, 0.2) is 126 Å². The minimum absolute atomic E-state index is 0.0375. The molecule has 0 saturated carbocycles. The van der Waals surface area contributed by atoms with Crippen LogP contribution < -0.4 is 30.2 Å². The Morgan fingerprint density at radius 3 is 1.53 bits per heavy atom. The molecule has 0 aliphatic rings. The highest BCUT2D eigenvalue weighted by atomic mass is 79.9. The van der Waals surface area contributed by atoms with Crippen LogP contribution in [-0.4, -0.2) is 109 Å². The summed E-state index contributed by atoms with van der Waals surface area (Å²) >= 11 is 11.1. The number of rotatable bonds is 12. The Labute approximate surface area is 465 Å². The van der Waals surface area contributed by atoms with E-state index in [1.165, 1.54) is 94.2 Å². The molecule has 0 atom stereocenters. The van der Waals surface area contributed by atoms with Gasteiger partial charge in [0, 0.05) is 52.3 Å². The van der Waals surface area contributed by atoms with Crippen molar-refractivity contribution in [2.24, 2.45) is 0 Å². The molecular formula is C44H38BBrClF6N19O5S2. The summed E-state index contributed by atoms with van der Waals surface area (Å²) in [7, 11) is 9.03. The molecule has 0 aliphatic heterocycles. The Morgan fingerprint density at radius 2 is 1.08 bits per heavy atom.